The predicted molar refractivity (Wildman–Crippen MR) is 148 cm³/mol. The highest BCUT2D eigenvalue weighted by atomic mass is 16.6. The van der Waals surface area contributed by atoms with Gasteiger partial charge in [0.15, 0.2) is 0 Å². The molecule has 0 fully saturated rings. The molecule has 0 aliphatic carbocycles. The van der Waals surface area contributed by atoms with Crippen LogP contribution in [-0.4, -0.2) is 26.1 Å². The van der Waals surface area contributed by atoms with E-state index in [1.807, 2.05) is 75.4 Å². The van der Waals surface area contributed by atoms with Gasteiger partial charge in [-0.05, 0) is 67.3 Å². The van der Waals surface area contributed by atoms with Crippen molar-refractivity contribution in [2.75, 3.05) is 16.1 Å². The van der Waals surface area contributed by atoms with E-state index < -0.39 is 4.92 Å². The third kappa shape index (κ3) is 7.18. The minimum absolute atomic E-state index is 0.00564. The number of nitro groups is 1. The third-order valence-corrected chi connectivity index (χ3v) is 5.36. The first-order valence-electron chi connectivity index (χ1n) is 11.5. The molecule has 0 saturated heterocycles. The molecule has 4 aromatic rings. The Hall–Kier alpha value is -5.12. The van der Waals surface area contributed by atoms with Crippen molar-refractivity contribution < 1.29 is 4.92 Å². The van der Waals surface area contributed by atoms with Gasteiger partial charge in [-0.1, -0.05) is 42.5 Å². The van der Waals surface area contributed by atoms with Crippen molar-refractivity contribution in [3.63, 3.8) is 0 Å². The molecule has 186 valence electrons. The molecule has 0 unspecified atom stereocenters. The summed E-state index contributed by atoms with van der Waals surface area (Å²) in [5.74, 6) is 0.760. The number of nitrogens with zero attached hydrogens (tertiary/aromatic N) is 5. The van der Waals surface area contributed by atoms with Gasteiger partial charge in [-0.2, -0.15) is 20.1 Å². The number of allylic oxidation sites excluding steroid dienone is 1. The van der Waals surface area contributed by atoms with Crippen molar-refractivity contribution in [3.8, 4) is 0 Å². The van der Waals surface area contributed by atoms with Crippen LogP contribution in [0.2, 0.25) is 0 Å². The molecule has 0 atom stereocenters. The molecule has 3 aromatic carbocycles. The van der Waals surface area contributed by atoms with Gasteiger partial charge in [0.25, 0.3) is 5.69 Å². The third-order valence-electron chi connectivity index (χ3n) is 5.36. The van der Waals surface area contributed by atoms with Gasteiger partial charge in [0.2, 0.25) is 17.8 Å². The van der Waals surface area contributed by atoms with Crippen LogP contribution in [0.5, 0.6) is 0 Å². The Kier molecular flexibility index (Phi) is 7.79. The van der Waals surface area contributed by atoms with Crippen LogP contribution < -0.4 is 16.1 Å². The van der Waals surface area contributed by atoms with Gasteiger partial charge < -0.3 is 10.6 Å². The molecular formula is C27H26N8O2. The predicted octanol–water partition coefficient (Wildman–Crippen LogP) is 6.39. The fourth-order valence-electron chi connectivity index (χ4n) is 3.32. The zero-order chi connectivity index (χ0) is 26.2. The highest BCUT2D eigenvalue weighted by Crippen LogP contribution is 2.22. The van der Waals surface area contributed by atoms with Gasteiger partial charge in [-0.15, -0.1) is 0 Å². The standard InChI is InChI=1S/C27H26N8O2/c1-18(15-21-7-5-4-6-8-21)17-28-34-27-32-25(29-22-11-13-24(14-12-22)35(36)37)31-26(33-27)30-23-10-9-19(2)20(3)16-23/h4-17H,1-3H3,(H3,29,30,31,32,33,34)/b18-15+,28-17?. The number of anilines is 5. The number of hydrogen-bond donors (Lipinski definition) is 3. The Labute approximate surface area is 214 Å². The molecule has 1 aromatic heterocycles. The summed E-state index contributed by atoms with van der Waals surface area (Å²) in [6.07, 6.45) is 3.68. The largest absolute Gasteiger partial charge is 0.324 e. The van der Waals surface area contributed by atoms with Gasteiger partial charge in [-0.25, -0.2) is 5.43 Å². The first-order chi connectivity index (χ1) is 17.9. The van der Waals surface area contributed by atoms with E-state index in [2.05, 4.69) is 36.1 Å². The lowest BCUT2D eigenvalue weighted by molar-refractivity contribution is -0.384. The van der Waals surface area contributed by atoms with Crippen molar-refractivity contribution in [3.05, 3.63) is 105 Å². The lowest BCUT2D eigenvalue weighted by Crippen LogP contribution is -2.07. The number of aromatic nitrogens is 3. The summed E-state index contributed by atoms with van der Waals surface area (Å²) < 4.78 is 0. The number of hydrazone groups is 1. The molecule has 0 aliphatic heterocycles. The Morgan fingerprint density at radius 1 is 0.838 bits per heavy atom. The van der Waals surface area contributed by atoms with E-state index in [1.165, 1.54) is 17.7 Å². The fraction of sp³-hybridized carbons (Fsp3) is 0.111. The quantitative estimate of drug-likeness (QED) is 0.139. The second kappa shape index (κ2) is 11.5. The first-order valence-corrected chi connectivity index (χ1v) is 11.5. The number of rotatable bonds is 9. The van der Waals surface area contributed by atoms with Gasteiger partial charge in [-0.3, -0.25) is 10.1 Å². The molecule has 3 N–H and O–H groups in total. The molecule has 0 spiro atoms. The van der Waals surface area contributed by atoms with Crippen LogP contribution in [0, 0.1) is 24.0 Å². The lowest BCUT2D eigenvalue weighted by atomic mass is 10.1. The Morgan fingerprint density at radius 3 is 2.11 bits per heavy atom. The van der Waals surface area contributed by atoms with E-state index in [4.69, 9.17) is 0 Å². The van der Waals surface area contributed by atoms with Gasteiger partial charge >= 0.3 is 0 Å². The van der Waals surface area contributed by atoms with Crippen LogP contribution >= 0.6 is 0 Å². The number of nitro benzene ring substituents is 1. The molecule has 0 amide bonds. The molecule has 0 bridgehead atoms. The van der Waals surface area contributed by atoms with Crippen molar-refractivity contribution >= 4 is 47.2 Å². The average molecular weight is 495 g/mol. The number of non-ortho nitro benzene ring substituents is 1. The SMILES string of the molecule is C/C(C=NNc1nc(Nc2ccc([N+](=O)[O-])cc2)nc(Nc2ccc(C)c(C)c2)n1)=C\c1ccccc1. The van der Waals surface area contributed by atoms with Crippen LogP contribution in [0.15, 0.2) is 83.5 Å². The van der Waals surface area contributed by atoms with Crippen molar-refractivity contribution in [1.82, 2.24) is 15.0 Å². The number of benzene rings is 3. The highest BCUT2D eigenvalue weighted by molar-refractivity contribution is 5.85. The summed E-state index contributed by atoms with van der Waals surface area (Å²) in [5.41, 5.74) is 8.58. The topological polar surface area (TPSA) is 130 Å². The Morgan fingerprint density at radius 2 is 1.46 bits per heavy atom. The summed E-state index contributed by atoms with van der Waals surface area (Å²) in [6, 6.07) is 21.9. The van der Waals surface area contributed by atoms with Gasteiger partial charge in [0.1, 0.15) is 0 Å². The molecule has 0 radical (unpaired) electrons. The van der Waals surface area contributed by atoms with E-state index in [-0.39, 0.29) is 17.6 Å². The Bertz CT molecular complexity index is 1450. The second-order valence-corrected chi connectivity index (χ2v) is 8.33. The van der Waals surface area contributed by atoms with Crippen LogP contribution in [0.4, 0.5) is 34.9 Å². The average Bonchev–Trinajstić information content (AvgIpc) is 2.87. The lowest BCUT2D eigenvalue weighted by Gasteiger charge is -2.11. The number of aryl methyl sites for hydroxylation is 2. The van der Waals surface area contributed by atoms with Crippen LogP contribution in [0.3, 0.4) is 0 Å². The van der Waals surface area contributed by atoms with E-state index in [1.54, 1.807) is 18.3 Å². The van der Waals surface area contributed by atoms with Crippen molar-refractivity contribution in [2.45, 2.75) is 20.8 Å². The molecule has 10 nitrogen and oxygen atoms in total. The van der Waals surface area contributed by atoms with E-state index >= 15 is 0 Å². The normalized spacial score (nSPS) is 11.4. The maximum absolute atomic E-state index is 10.9. The monoisotopic (exact) mass is 494 g/mol. The first kappa shape index (κ1) is 25.0. The maximum atomic E-state index is 10.9. The molecule has 1 heterocycles. The van der Waals surface area contributed by atoms with E-state index in [0.29, 0.717) is 11.6 Å². The van der Waals surface area contributed by atoms with E-state index in [0.717, 1.165) is 22.4 Å². The summed E-state index contributed by atoms with van der Waals surface area (Å²) in [7, 11) is 0. The van der Waals surface area contributed by atoms with Gasteiger partial charge in [0.05, 0.1) is 11.1 Å². The molecule has 37 heavy (non-hydrogen) atoms. The Balaban J connectivity index is 1.57. The number of hydrogen-bond acceptors (Lipinski definition) is 9. The molecule has 0 aliphatic rings. The fourth-order valence-corrected chi connectivity index (χ4v) is 3.32. The molecule has 4 rings (SSSR count). The molecule has 10 heteroatoms. The van der Waals surface area contributed by atoms with Crippen molar-refractivity contribution in [2.24, 2.45) is 5.10 Å². The molecule has 0 saturated carbocycles. The van der Waals surface area contributed by atoms with Crippen LogP contribution in [0.1, 0.15) is 23.6 Å². The van der Waals surface area contributed by atoms with E-state index in [9.17, 15) is 10.1 Å². The van der Waals surface area contributed by atoms with Crippen LogP contribution in [0.25, 0.3) is 6.08 Å². The minimum Gasteiger partial charge on any atom is -0.324 e. The summed E-state index contributed by atoms with van der Waals surface area (Å²) in [6.45, 7) is 6.02. The number of nitrogens with one attached hydrogen (secondary N) is 3. The summed E-state index contributed by atoms with van der Waals surface area (Å²) in [5, 5.41) is 21.5. The zero-order valence-corrected chi connectivity index (χ0v) is 20.6. The van der Waals surface area contributed by atoms with Crippen LogP contribution in [-0.2, 0) is 0 Å². The molecular weight excluding hydrogens is 468 g/mol. The van der Waals surface area contributed by atoms with Crippen molar-refractivity contribution in [1.29, 1.82) is 0 Å². The highest BCUT2D eigenvalue weighted by Gasteiger charge is 2.10. The smallest absolute Gasteiger partial charge is 0.269 e. The van der Waals surface area contributed by atoms with Gasteiger partial charge in [0, 0.05) is 23.5 Å². The summed E-state index contributed by atoms with van der Waals surface area (Å²) >= 11 is 0. The minimum atomic E-state index is -0.452. The maximum Gasteiger partial charge on any atom is 0.269 e. The second-order valence-electron chi connectivity index (χ2n) is 8.33. The summed E-state index contributed by atoms with van der Waals surface area (Å²) in [4.78, 5) is 23.8. The zero-order valence-electron chi connectivity index (χ0n) is 20.6.